The highest BCUT2D eigenvalue weighted by atomic mass is 16.5. The number of anilines is 1. The minimum atomic E-state index is -0.310. The molecule has 2 heterocycles. The number of aromatic nitrogens is 1. The van der Waals surface area contributed by atoms with Crippen molar-refractivity contribution in [3.05, 3.63) is 46.8 Å². The molecule has 28 heavy (non-hydrogen) atoms. The molecule has 1 atom stereocenters. The van der Waals surface area contributed by atoms with Crippen LogP contribution in [0.25, 0.3) is 0 Å². The molecule has 0 saturated carbocycles. The lowest BCUT2D eigenvalue weighted by molar-refractivity contribution is 0.00359. The molecule has 1 aromatic heterocycles. The molecule has 1 aliphatic heterocycles. The van der Waals surface area contributed by atoms with Crippen molar-refractivity contribution in [3.8, 4) is 0 Å². The summed E-state index contributed by atoms with van der Waals surface area (Å²) in [5, 5.41) is 6.92. The summed E-state index contributed by atoms with van der Waals surface area (Å²) >= 11 is 0. The summed E-state index contributed by atoms with van der Waals surface area (Å²) in [4.78, 5) is 27.3. The van der Waals surface area contributed by atoms with Crippen LogP contribution in [-0.2, 0) is 10.2 Å². The van der Waals surface area contributed by atoms with Gasteiger partial charge in [0.05, 0.1) is 19.3 Å². The van der Waals surface area contributed by atoms with Crippen LogP contribution in [0.3, 0.4) is 0 Å². The fourth-order valence-electron chi connectivity index (χ4n) is 3.24. The van der Waals surface area contributed by atoms with Gasteiger partial charge in [0.2, 0.25) is 0 Å². The highest BCUT2D eigenvalue weighted by molar-refractivity contribution is 6.06. The lowest BCUT2D eigenvalue weighted by atomic mass is 9.88. The Kier molecular flexibility index (Phi) is 5.56. The quantitative estimate of drug-likeness (QED) is 0.875. The Balaban J connectivity index is 1.74. The van der Waals surface area contributed by atoms with Crippen LogP contribution >= 0.6 is 0 Å². The van der Waals surface area contributed by atoms with Crippen LogP contribution in [0, 0.1) is 6.92 Å². The van der Waals surface area contributed by atoms with Gasteiger partial charge in [0.15, 0.2) is 0 Å². The molecule has 3 rings (SSSR count). The van der Waals surface area contributed by atoms with E-state index in [4.69, 9.17) is 9.26 Å². The molecular weight excluding hydrogens is 358 g/mol. The van der Waals surface area contributed by atoms with Gasteiger partial charge in [-0.2, -0.15) is 0 Å². The monoisotopic (exact) mass is 385 g/mol. The molecule has 1 N–H and O–H groups in total. The van der Waals surface area contributed by atoms with Gasteiger partial charge in [0.1, 0.15) is 17.0 Å². The van der Waals surface area contributed by atoms with Gasteiger partial charge in [0, 0.05) is 23.2 Å². The van der Waals surface area contributed by atoms with Gasteiger partial charge in [0.25, 0.3) is 11.8 Å². The molecule has 2 aromatic rings. The maximum Gasteiger partial charge on any atom is 0.261 e. The zero-order valence-corrected chi connectivity index (χ0v) is 17.0. The number of hydrogen-bond donors (Lipinski definition) is 1. The first kappa shape index (κ1) is 20.1. The Morgan fingerprint density at radius 3 is 2.50 bits per heavy atom. The number of hydrogen-bond acceptors (Lipinski definition) is 5. The van der Waals surface area contributed by atoms with E-state index < -0.39 is 0 Å². The first-order valence-corrected chi connectivity index (χ1v) is 9.45. The minimum Gasteiger partial charge on any atom is -0.377 e. The van der Waals surface area contributed by atoms with Gasteiger partial charge in [-0.25, -0.2) is 0 Å². The van der Waals surface area contributed by atoms with Gasteiger partial charge < -0.3 is 19.5 Å². The summed E-state index contributed by atoms with van der Waals surface area (Å²) < 4.78 is 10.6. The summed E-state index contributed by atoms with van der Waals surface area (Å²) in [6, 6.07) is 6.97. The molecule has 1 aliphatic rings. The molecule has 7 heteroatoms. The maximum atomic E-state index is 12.8. The summed E-state index contributed by atoms with van der Waals surface area (Å²) in [5.41, 5.74) is 1.96. The maximum absolute atomic E-state index is 12.8. The van der Waals surface area contributed by atoms with Crippen molar-refractivity contribution in [2.24, 2.45) is 0 Å². The summed E-state index contributed by atoms with van der Waals surface area (Å²) in [6.07, 6.45) is 0. The molecule has 150 valence electrons. The molecular formula is C21H27N3O4. The lowest BCUT2D eigenvalue weighted by Crippen LogP contribution is -2.47. The van der Waals surface area contributed by atoms with Crippen molar-refractivity contribution in [1.82, 2.24) is 10.1 Å². The fourth-order valence-corrected chi connectivity index (χ4v) is 3.24. The van der Waals surface area contributed by atoms with E-state index in [1.165, 1.54) is 0 Å². The number of morpholine rings is 1. The highest BCUT2D eigenvalue weighted by Crippen LogP contribution is 2.27. The van der Waals surface area contributed by atoms with Gasteiger partial charge in [-0.15, -0.1) is 0 Å². The van der Waals surface area contributed by atoms with Crippen LogP contribution in [0.15, 0.2) is 28.8 Å². The molecule has 0 aliphatic carbocycles. The Bertz CT molecular complexity index is 865. The van der Waals surface area contributed by atoms with E-state index in [9.17, 15) is 9.59 Å². The number of nitrogens with one attached hydrogen (secondary N) is 1. The van der Waals surface area contributed by atoms with E-state index in [0.717, 1.165) is 0 Å². The highest BCUT2D eigenvalue weighted by Gasteiger charge is 2.29. The Morgan fingerprint density at radius 1 is 1.21 bits per heavy atom. The van der Waals surface area contributed by atoms with E-state index in [0.29, 0.717) is 48.0 Å². The summed E-state index contributed by atoms with van der Waals surface area (Å²) in [6.45, 7) is 11.3. The van der Waals surface area contributed by atoms with Crippen LogP contribution in [-0.4, -0.2) is 47.7 Å². The molecule has 0 radical (unpaired) electrons. The topological polar surface area (TPSA) is 84.7 Å². The summed E-state index contributed by atoms with van der Waals surface area (Å²) in [5.74, 6) is 0.179. The van der Waals surface area contributed by atoms with E-state index in [1.807, 2.05) is 32.6 Å². The SMILES string of the molecule is Cc1onc(C(C)(C)C)c1C(=O)Nc1ccc(C(=O)N2CCOCC2C)cc1. The van der Waals surface area contributed by atoms with E-state index in [-0.39, 0.29) is 23.3 Å². The average molecular weight is 385 g/mol. The standard InChI is InChI=1S/C21H27N3O4/c1-13-12-27-11-10-24(13)20(26)15-6-8-16(9-7-15)22-19(25)17-14(2)28-23-18(17)21(3,4)5/h6-9,13H,10-12H2,1-5H3,(H,22,25). The second-order valence-corrected chi connectivity index (χ2v) is 8.17. The molecule has 0 spiro atoms. The largest absolute Gasteiger partial charge is 0.377 e. The number of benzene rings is 1. The lowest BCUT2D eigenvalue weighted by Gasteiger charge is -2.33. The predicted octanol–water partition coefficient (Wildman–Crippen LogP) is 3.39. The second-order valence-electron chi connectivity index (χ2n) is 8.17. The Hall–Kier alpha value is -2.67. The zero-order chi connectivity index (χ0) is 20.5. The number of carbonyl (C=O) groups is 2. The van der Waals surface area contributed by atoms with Gasteiger partial charge in [-0.3, -0.25) is 9.59 Å². The van der Waals surface area contributed by atoms with Crippen LogP contribution in [0.4, 0.5) is 5.69 Å². The van der Waals surface area contributed by atoms with Crippen molar-refractivity contribution in [3.63, 3.8) is 0 Å². The smallest absolute Gasteiger partial charge is 0.261 e. The second kappa shape index (κ2) is 7.75. The molecule has 1 unspecified atom stereocenters. The molecule has 0 bridgehead atoms. The van der Waals surface area contributed by atoms with Crippen LogP contribution in [0.1, 0.15) is 59.9 Å². The van der Waals surface area contributed by atoms with Crippen LogP contribution in [0.5, 0.6) is 0 Å². The van der Waals surface area contributed by atoms with Crippen molar-refractivity contribution < 1.29 is 18.8 Å². The third-order valence-electron chi connectivity index (χ3n) is 4.82. The molecule has 1 aromatic carbocycles. The molecule has 1 saturated heterocycles. The van der Waals surface area contributed by atoms with Crippen LogP contribution < -0.4 is 5.32 Å². The molecule has 7 nitrogen and oxygen atoms in total. The number of aryl methyl sites for hydroxylation is 1. The Labute approximate surface area is 165 Å². The van der Waals surface area contributed by atoms with Crippen molar-refractivity contribution >= 4 is 17.5 Å². The van der Waals surface area contributed by atoms with E-state index in [1.54, 1.807) is 31.2 Å². The third kappa shape index (κ3) is 4.09. The van der Waals surface area contributed by atoms with Crippen molar-refractivity contribution in [2.45, 2.75) is 46.1 Å². The van der Waals surface area contributed by atoms with Crippen molar-refractivity contribution in [1.29, 1.82) is 0 Å². The third-order valence-corrected chi connectivity index (χ3v) is 4.82. The number of rotatable bonds is 3. The van der Waals surface area contributed by atoms with E-state index >= 15 is 0 Å². The predicted molar refractivity (Wildman–Crippen MR) is 106 cm³/mol. The normalized spacial score (nSPS) is 17.5. The van der Waals surface area contributed by atoms with Gasteiger partial charge in [-0.1, -0.05) is 25.9 Å². The summed E-state index contributed by atoms with van der Waals surface area (Å²) in [7, 11) is 0. The number of carbonyl (C=O) groups excluding carboxylic acids is 2. The van der Waals surface area contributed by atoms with Gasteiger partial charge >= 0.3 is 0 Å². The zero-order valence-electron chi connectivity index (χ0n) is 17.0. The first-order valence-electron chi connectivity index (χ1n) is 9.45. The molecule has 1 fully saturated rings. The molecule has 2 amide bonds. The minimum absolute atomic E-state index is 0.0291. The number of nitrogens with zero attached hydrogens (tertiary/aromatic N) is 2. The number of ether oxygens (including phenoxy) is 1. The fraction of sp³-hybridized carbons (Fsp3) is 0.476. The van der Waals surface area contributed by atoms with Gasteiger partial charge in [-0.05, 0) is 38.1 Å². The Morgan fingerprint density at radius 2 is 1.89 bits per heavy atom. The van der Waals surface area contributed by atoms with E-state index in [2.05, 4.69) is 10.5 Å². The van der Waals surface area contributed by atoms with Crippen LogP contribution in [0.2, 0.25) is 0 Å². The average Bonchev–Trinajstić information content (AvgIpc) is 3.04. The first-order chi connectivity index (χ1) is 13.2. The van der Waals surface area contributed by atoms with Crippen molar-refractivity contribution in [2.75, 3.05) is 25.1 Å². The number of amides is 2.